The maximum Gasteiger partial charge on any atom is 0.221 e. The van der Waals surface area contributed by atoms with Crippen molar-refractivity contribution in [1.29, 1.82) is 0 Å². The van der Waals surface area contributed by atoms with E-state index in [1.165, 1.54) is 276 Å². The van der Waals surface area contributed by atoms with Crippen molar-refractivity contribution in [3.63, 3.8) is 0 Å². The first kappa shape index (κ1) is 91.7. The van der Waals surface area contributed by atoms with E-state index in [1.807, 2.05) is 0 Å². The van der Waals surface area contributed by atoms with E-state index in [1.54, 1.807) is 0 Å². The molecule has 0 heterocycles. The Morgan fingerprint density at radius 3 is 0.606 bits per heavy atom. The second-order valence-corrected chi connectivity index (χ2v) is 28.7. The van der Waals surface area contributed by atoms with Crippen LogP contribution in [-0.2, 0) is 19.2 Å². The van der Waals surface area contributed by atoms with Gasteiger partial charge in [-0.1, -0.05) is 324 Å². The molecule has 6 N–H and O–H groups in total. The van der Waals surface area contributed by atoms with Crippen molar-refractivity contribution >= 4 is 23.6 Å². The fourth-order valence-electron chi connectivity index (χ4n) is 12.9. The number of nitrogens with zero attached hydrogens (tertiary/aromatic N) is 3. The fourth-order valence-corrected chi connectivity index (χ4v) is 12.9. The van der Waals surface area contributed by atoms with Crippen LogP contribution in [0.3, 0.4) is 0 Å². The Hall–Kier alpha value is -2.32. The zero-order valence-corrected chi connectivity index (χ0v) is 63.9. The molecule has 0 radical (unpaired) electrons. The van der Waals surface area contributed by atoms with Crippen LogP contribution in [0.2, 0.25) is 0 Å². The van der Waals surface area contributed by atoms with Gasteiger partial charge in [0, 0.05) is 117 Å². The second kappa shape index (κ2) is 78.0. The predicted octanol–water partition coefficient (Wildman–Crippen LogP) is 19.1. The van der Waals surface area contributed by atoms with Crippen LogP contribution in [0.1, 0.15) is 388 Å². The van der Waals surface area contributed by atoms with Crippen LogP contribution < -0.4 is 31.9 Å². The lowest BCUT2D eigenvalue weighted by atomic mass is 10.1. The average molecular weight is 1330 g/mol. The molecule has 0 aromatic rings. The van der Waals surface area contributed by atoms with Crippen LogP contribution in [-0.4, -0.2) is 150 Å². The maximum absolute atomic E-state index is 13.4. The number of unbranched alkanes of at least 4 members (excludes halogenated alkanes) is 45. The van der Waals surface area contributed by atoms with Crippen LogP contribution in [0.15, 0.2) is 0 Å². The molecule has 4 amide bonds. The minimum Gasteiger partial charge on any atom is -0.356 e. The van der Waals surface area contributed by atoms with Crippen molar-refractivity contribution in [3.05, 3.63) is 0 Å². The predicted molar refractivity (Wildman–Crippen MR) is 409 cm³/mol. The molecule has 0 aromatic heterocycles. The van der Waals surface area contributed by atoms with Crippen LogP contribution in [0, 0.1) is 0 Å². The number of carbonyl (C=O) groups is 4. The molecule has 0 rings (SSSR count). The first-order valence-electron chi connectivity index (χ1n) is 41.9. The van der Waals surface area contributed by atoms with Crippen molar-refractivity contribution in [2.45, 2.75) is 388 Å². The summed E-state index contributed by atoms with van der Waals surface area (Å²) in [6.45, 7) is 24.8. The lowest BCUT2D eigenvalue weighted by molar-refractivity contribution is -0.122. The molecule has 0 aliphatic heterocycles. The zero-order valence-electron chi connectivity index (χ0n) is 63.9. The normalized spacial score (nSPS) is 11.7. The summed E-state index contributed by atoms with van der Waals surface area (Å²) in [5.41, 5.74) is 0. The molecule has 0 spiro atoms. The molecule has 0 bridgehead atoms. The molecule has 558 valence electrons. The van der Waals surface area contributed by atoms with Crippen LogP contribution >= 0.6 is 0 Å². The molecule has 94 heavy (non-hydrogen) atoms. The SMILES string of the molecule is CCCCCCCCCCCCNCCCN(CCNCCN(CCC(=O)NCCCCCCCCCCCC)CCN(CCC(=O)NCCCCCCCCCCCC)CCC(=O)NCCCCCCCCCCCC)CCC(=O)NCCCCCCCCCCCC. The third kappa shape index (κ3) is 72.4. The summed E-state index contributed by atoms with van der Waals surface area (Å²) >= 11 is 0. The highest BCUT2D eigenvalue weighted by atomic mass is 16.2. The van der Waals surface area contributed by atoms with Gasteiger partial charge in [-0.3, -0.25) is 19.2 Å². The molecule has 0 aromatic carbocycles. The van der Waals surface area contributed by atoms with E-state index in [9.17, 15) is 19.2 Å². The minimum absolute atomic E-state index is 0.0890. The summed E-state index contributed by atoms with van der Waals surface area (Å²) in [5.74, 6) is 0.461. The van der Waals surface area contributed by atoms with E-state index in [4.69, 9.17) is 0 Å². The Balaban J connectivity index is 5.75. The van der Waals surface area contributed by atoms with Gasteiger partial charge >= 0.3 is 0 Å². The number of amides is 4. The van der Waals surface area contributed by atoms with Crippen LogP contribution in [0.5, 0.6) is 0 Å². The fraction of sp³-hybridized carbons (Fsp3) is 0.951. The summed E-state index contributed by atoms with van der Waals surface area (Å²) in [6.07, 6.45) is 67.6. The molecular weight excluding hydrogens is 1160 g/mol. The van der Waals surface area contributed by atoms with Gasteiger partial charge in [-0.2, -0.15) is 0 Å². The topological polar surface area (TPSA) is 150 Å². The third-order valence-corrected chi connectivity index (χ3v) is 19.5. The van der Waals surface area contributed by atoms with Crippen LogP contribution in [0.25, 0.3) is 0 Å². The molecular formula is C81H165N9O4. The Morgan fingerprint density at radius 1 is 0.181 bits per heavy atom. The van der Waals surface area contributed by atoms with Crippen LogP contribution in [0.4, 0.5) is 0 Å². The summed E-state index contributed by atoms with van der Waals surface area (Å²) in [7, 11) is 0. The maximum atomic E-state index is 13.4. The summed E-state index contributed by atoms with van der Waals surface area (Å²) in [4.78, 5) is 60.4. The van der Waals surface area contributed by atoms with Gasteiger partial charge < -0.3 is 46.6 Å². The lowest BCUT2D eigenvalue weighted by Gasteiger charge is -2.28. The molecule has 0 aliphatic rings. The molecule has 0 fully saturated rings. The van der Waals surface area contributed by atoms with E-state index in [0.717, 1.165) is 143 Å². The van der Waals surface area contributed by atoms with Gasteiger partial charge in [0.25, 0.3) is 0 Å². The smallest absolute Gasteiger partial charge is 0.221 e. The van der Waals surface area contributed by atoms with Gasteiger partial charge in [-0.15, -0.1) is 0 Å². The van der Waals surface area contributed by atoms with Gasteiger partial charge in [0.1, 0.15) is 0 Å². The first-order chi connectivity index (χ1) is 46.3. The highest BCUT2D eigenvalue weighted by Gasteiger charge is 2.16. The first-order valence-corrected chi connectivity index (χ1v) is 41.9. The van der Waals surface area contributed by atoms with E-state index >= 15 is 0 Å². The summed E-state index contributed by atoms with van der Waals surface area (Å²) in [6, 6.07) is 0. The monoisotopic (exact) mass is 1330 g/mol. The van der Waals surface area contributed by atoms with Crippen molar-refractivity contribution < 1.29 is 19.2 Å². The van der Waals surface area contributed by atoms with E-state index in [0.29, 0.717) is 45.3 Å². The van der Waals surface area contributed by atoms with E-state index < -0.39 is 0 Å². The Bertz CT molecular complexity index is 1520. The highest BCUT2D eigenvalue weighted by Crippen LogP contribution is 2.15. The molecule has 0 saturated carbocycles. The quantitative estimate of drug-likeness (QED) is 0.0327. The molecule has 0 unspecified atom stereocenters. The molecule has 0 atom stereocenters. The van der Waals surface area contributed by atoms with Gasteiger partial charge in [0.05, 0.1) is 0 Å². The molecule has 0 saturated heterocycles. The Morgan fingerprint density at radius 2 is 0.362 bits per heavy atom. The summed E-state index contributed by atoms with van der Waals surface area (Å²) in [5, 5.41) is 20.4. The highest BCUT2D eigenvalue weighted by molar-refractivity contribution is 5.77. The van der Waals surface area contributed by atoms with E-state index in [2.05, 4.69) is 81.2 Å². The van der Waals surface area contributed by atoms with Crippen molar-refractivity contribution in [1.82, 2.24) is 46.6 Å². The third-order valence-electron chi connectivity index (χ3n) is 19.5. The average Bonchev–Trinajstić information content (AvgIpc) is 3.74. The van der Waals surface area contributed by atoms with Gasteiger partial charge in [-0.05, 0) is 58.2 Å². The minimum atomic E-state index is 0.0890. The number of rotatable bonds is 80. The number of nitrogens with one attached hydrogen (secondary N) is 6. The molecule has 13 heteroatoms. The molecule has 13 nitrogen and oxygen atoms in total. The second-order valence-electron chi connectivity index (χ2n) is 28.7. The van der Waals surface area contributed by atoms with Crippen molar-refractivity contribution in [3.8, 4) is 0 Å². The standard InChI is InChI=1S/C81H165N9O4/c1-6-11-16-21-26-31-36-41-46-51-61-82-62-56-69-88(70-57-78(91)84-63-52-47-42-37-32-27-22-17-12-7-2)74-67-83-68-75-90(73-60-81(94)87-66-55-50-45-40-35-30-25-20-15-10-5)77-76-89(71-58-79(92)85-64-53-48-43-38-33-28-23-18-13-8-3)72-59-80(93)86-65-54-49-44-39-34-29-24-19-14-9-4/h82-83H,6-77H2,1-5H3,(H,84,91)(H,85,92)(H,86,93)(H,87,94). The molecule has 0 aliphatic carbocycles. The van der Waals surface area contributed by atoms with Gasteiger partial charge in [-0.25, -0.2) is 0 Å². The lowest BCUT2D eigenvalue weighted by Crippen LogP contribution is -2.43. The summed E-state index contributed by atoms with van der Waals surface area (Å²) < 4.78 is 0. The Kier molecular flexibility index (Phi) is 76.1. The number of carbonyl (C=O) groups excluding carboxylic acids is 4. The zero-order chi connectivity index (χ0) is 68.2. The number of hydrogen-bond acceptors (Lipinski definition) is 9. The van der Waals surface area contributed by atoms with E-state index in [-0.39, 0.29) is 23.6 Å². The van der Waals surface area contributed by atoms with Crippen molar-refractivity contribution in [2.75, 3.05) is 111 Å². The van der Waals surface area contributed by atoms with Crippen molar-refractivity contribution in [2.24, 2.45) is 0 Å². The van der Waals surface area contributed by atoms with Gasteiger partial charge in [0.2, 0.25) is 23.6 Å². The number of hydrogen-bond donors (Lipinski definition) is 6. The Labute approximate surface area is 585 Å². The van der Waals surface area contributed by atoms with Gasteiger partial charge in [0.15, 0.2) is 0 Å². The largest absolute Gasteiger partial charge is 0.356 e.